The molecule has 2 rings (SSSR count). The average molecular weight is 370 g/mol. The highest BCUT2D eigenvalue weighted by molar-refractivity contribution is 8.13. The number of carbonyl (C=O) groups excluding carboxylic acids is 2. The first-order valence-electron chi connectivity index (χ1n) is 7.82. The Labute approximate surface area is 147 Å². The van der Waals surface area contributed by atoms with Gasteiger partial charge < -0.3 is 5.32 Å². The first-order chi connectivity index (χ1) is 11.3. The quantitative estimate of drug-likeness (QED) is 0.768. The Morgan fingerprint density at radius 1 is 1.29 bits per heavy atom. The lowest BCUT2D eigenvalue weighted by molar-refractivity contribution is -0.119. The second-order valence-corrected chi connectivity index (χ2v) is 8.73. The summed E-state index contributed by atoms with van der Waals surface area (Å²) in [6, 6.07) is 6.03. The molecule has 0 unspecified atom stereocenters. The number of nitrogens with one attached hydrogen (secondary N) is 1. The van der Waals surface area contributed by atoms with Gasteiger partial charge in [0.15, 0.2) is 0 Å². The van der Waals surface area contributed by atoms with Gasteiger partial charge in [0.1, 0.15) is 0 Å². The number of thioether (sulfide) groups is 1. The molecule has 8 heteroatoms. The lowest BCUT2D eigenvalue weighted by Crippen LogP contribution is -2.39. The van der Waals surface area contributed by atoms with E-state index >= 15 is 0 Å². The standard InChI is InChI=1S/C16H22N2O4S2/c1-12-5-7-14(8-6-12)24(21,22)18-10-3-4-15(18)16(20)23-11-9-17-13(2)19/h5-8,15H,3-4,9-11H2,1-2H3,(H,17,19)/t15-/m0/s1. The van der Waals surface area contributed by atoms with Crippen molar-refractivity contribution < 1.29 is 18.0 Å². The van der Waals surface area contributed by atoms with Crippen molar-refractivity contribution in [1.82, 2.24) is 9.62 Å². The van der Waals surface area contributed by atoms with Gasteiger partial charge in [-0.15, -0.1) is 0 Å². The van der Waals surface area contributed by atoms with E-state index in [1.54, 1.807) is 24.3 Å². The molecule has 1 aliphatic heterocycles. The molecule has 0 radical (unpaired) electrons. The van der Waals surface area contributed by atoms with Crippen molar-refractivity contribution >= 4 is 32.8 Å². The average Bonchev–Trinajstić information content (AvgIpc) is 3.02. The van der Waals surface area contributed by atoms with Gasteiger partial charge in [-0.25, -0.2) is 8.42 Å². The molecule has 1 amide bonds. The summed E-state index contributed by atoms with van der Waals surface area (Å²) in [5.74, 6) is 0.292. The van der Waals surface area contributed by atoms with Crippen molar-refractivity contribution in [2.24, 2.45) is 0 Å². The zero-order valence-electron chi connectivity index (χ0n) is 13.8. The van der Waals surface area contributed by atoms with E-state index in [-0.39, 0.29) is 15.9 Å². The SMILES string of the molecule is CC(=O)NCCSC(=O)[C@@H]1CCCN1S(=O)(=O)c1ccc(C)cc1. The molecule has 1 heterocycles. The Hall–Kier alpha value is -1.38. The number of amides is 1. The topological polar surface area (TPSA) is 83.6 Å². The van der Waals surface area contributed by atoms with Gasteiger partial charge in [0.2, 0.25) is 21.0 Å². The van der Waals surface area contributed by atoms with Crippen LogP contribution in [-0.4, -0.2) is 48.6 Å². The summed E-state index contributed by atoms with van der Waals surface area (Å²) in [7, 11) is -3.66. The summed E-state index contributed by atoms with van der Waals surface area (Å²) >= 11 is 1.07. The van der Waals surface area contributed by atoms with Crippen LogP contribution in [0.1, 0.15) is 25.3 Å². The van der Waals surface area contributed by atoms with Crippen LogP contribution in [0, 0.1) is 6.92 Å². The van der Waals surface area contributed by atoms with E-state index in [0.717, 1.165) is 17.3 Å². The Balaban J connectivity index is 2.05. The highest BCUT2D eigenvalue weighted by Crippen LogP contribution is 2.29. The van der Waals surface area contributed by atoms with E-state index in [1.165, 1.54) is 11.2 Å². The molecule has 1 aromatic carbocycles. The summed E-state index contributed by atoms with van der Waals surface area (Å²) in [4.78, 5) is 23.4. The molecule has 1 N–H and O–H groups in total. The summed E-state index contributed by atoms with van der Waals surface area (Å²) in [5.41, 5.74) is 0.983. The Morgan fingerprint density at radius 3 is 2.58 bits per heavy atom. The number of sulfonamides is 1. The molecular weight excluding hydrogens is 348 g/mol. The fourth-order valence-electron chi connectivity index (χ4n) is 2.58. The maximum absolute atomic E-state index is 12.8. The predicted molar refractivity (Wildman–Crippen MR) is 94.2 cm³/mol. The van der Waals surface area contributed by atoms with Gasteiger partial charge in [-0.05, 0) is 31.9 Å². The number of hydrogen-bond donors (Lipinski definition) is 1. The summed E-state index contributed by atoms with van der Waals surface area (Å²) in [6.45, 7) is 4.06. The molecule has 0 aromatic heterocycles. The highest BCUT2D eigenvalue weighted by Gasteiger charge is 2.39. The maximum atomic E-state index is 12.8. The molecule has 0 aliphatic carbocycles. The number of carbonyl (C=O) groups is 2. The second kappa shape index (κ2) is 8.13. The number of aryl methyl sites for hydroxylation is 1. The first-order valence-corrected chi connectivity index (χ1v) is 10.2. The summed E-state index contributed by atoms with van der Waals surface area (Å²) in [5, 5.41) is 2.46. The van der Waals surface area contributed by atoms with E-state index in [4.69, 9.17) is 0 Å². The molecule has 1 atom stereocenters. The molecule has 132 valence electrons. The normalized spacial score (nSPS) is 18.5. The molecule has 1 fully saturated rings. The lowest BCUT2D eigenvalue weighted by atomic mass is 10.2. The number of hydrogen-bond acceptors (Lipinski definition) is 5. The third-order valence-electron chi connectivity index (χ3n) is 3.82. The van der Waals surface area contributed by atoms with Crippen LogP contribution < -0.4 is 5.32 Å². The molecule has 6 nitrogen and oxygen atoms in total. The number of nitrogens with zero attached hydrogens (tertiary/aromatic N) is 1. The van der Waals surface area contributed by atoms with Gasteiger partial charge >= 0.3 is 0 Å². The molecule has 0 spiro atoms. The zero-order valence-corrected chi connectivity index (χ0v) is 15.5. The molecule has 0 saturated carbocycles. The van der Waals surface area contributed by atoms with Crippen LogP contribution in [0.5, 0.6) is 0 Å². The van der Waals surface area contributed by atoms with E-state index < -0.39 is 16.1 Å². The molecular formula is C16H22N2O4S2. The van der Waals surface area contributed by atoms with Crippen molar-refractivity contribution in [2.75, 3.05) is 18.8 Å². The van der Waals surface area contributed by atoms with Crippen molar-refractivity contribution in [2.45, 2.75) is 37.6 Å². The zero-order chi connectivity index (χ0) is 17.7. The van der Waals surface area contributed by atoms with E-state index in [0.29, 0.717) is 31.7 Å². The fraction of sp³-hybridized carbons (Fsp3) is 0.500. The van der Waals surface area contributed by atoms with Crippen LogP contribution in [0.4, 0.5) is 0 Å². The van der Waals surface area contributed by atoms with Crippen molar-refractivity contribution in [3.05, 3.63) is 29.8 Å². The number of rotatable bonds is 6. The predicted octanol–water partition coefficient (Wildman–Crippen LogP) is 1.54. The van der Waals surface area contributed by atoms with Gasteiger partial charge in [-0.3, -0.25) is 9.59 Å². The molecule has 1 aromatic rings. The Bertz CT molecular complexity index is 701. The van der Waals surface area contributed by atoms with Gasteiger partial charge in [-0.2, -0.15) is 4.31 Å². The van der Waals surface area contributed by atoms with Crippen molar-refractivity contribution in [3.8, 4) is 0 Å². The van der Waals surface area contributed by atoms with Crippen LogP contribution in [0.25, 0.3) is 0 Å². The minimum Gasteiger partial charge on any atom is -0.356 e. The van der Waals surface area contributed by atoms with E-state index in [1.807, 2.05) is 6.92 Å². The van der Waals surface area contributed by atoms with Gasteiger partial charge in [-0.1, -0.05) is 29.5 Å². The van der Waals surface area contributed by atoms with E-state index in [9.17, 15) is 18.0 Å². The maximum Gasteiger partial charge on any atom is 0.243 e. The lowest BCUT2D eigenvalue weighted by Gasteiger charge is -2.22. The molecule has 0 bridgehead atoms. The molecule has 24 heavy (non-hydrogen) atoms. The summed E-state index contributed by atoms with van der Waals surface area (Å²) in [6.07, 6.45) is 1.21. The smallest absolute Gasteiger partial charge is 0.243 e. The first kappa shape index (κ1) is 19.0. The van der Waals surface area contributed by atoms with Crippen LogP contribution in [0.3, 0.4) is 0 Å². The van der Waals surface area contributed by atoms with Crippen LogP contribution in [-0.2, 0) is 19.6 Å². The van der Waals surface area contributed by atoms with Gasteiger partial charge in [0.05, 0.1) is 10.9 Å². The highest BCUT2D eigenvalue weighted by atomic mass is 32.2. The second-order valence-electron chi connectivity index (χ2n) is 5.74. The minimum atomic E-state index is -3.66. The Kier molecular flexibility index (Phi) is 6.42. The third kappa shape index (κ3) is 4.58. The van der Waals surface area contributed by atoms with Gasteiger partial charge in [0.25, 0.3) is 0 Å². The van der Waals surface area contributed by atoms with Crippen molar-refractivity contribution in [3.63, 3.8) is 0 Å². The Morgan fingerprint density at radius 2 is 1.96 bits per heavy atom. The van der Waals surface area contributed by atoms with Crippen LogP contribution >= 0.6 is 11.8 Å². The number of benzene rings is 1. The molecule has 1 saturated heterocycles. The van der Waals surface area contributed by atoms with Gasteiger partial charge in [0, 0.05) is 25.8 Å². The minimum absolute atomic E-state index is 0.146. The largest absolute Gasteiger partial charge is 0.356 e. The monoisotopic (exact) mass is 370 g/mol. The summed E-state index contributed by atoms with van der Waals surface area (Å²) < 4.78 is 26.9. The van der Waals surface area contributed by atoms with Crippen molar-refractivity contribution in [1.29, 1.82) is 0 Å². The van der Waals surface area contributed by atoms with E-state index in [2.05, 4.69) is 5.32 Å². The molecule has 1 aliphatic rings. The van der Waals surface area contributed by atoms with Crippen LogP contribution in [0.15, 0.2) is 29.2 Å². The third-order valence-corrected chi connectivity index (χ3v) is 6.71. The van der Waals surface area contributed by atoms with Crippen LogP contribution in [0.2, 0.25) is 0 Å². The fourth-order valence-corrected chi connectivity index (χ4v) is 5.15.